The van der Waals surface area contributed by atoms with Crippen LogP contribution in [0, 0.1) is 11.8 Å². The predicted molar refractivity (Wildman–Crippen MR) is 146 cm³/mol. The number of likely N-dealkylation sites (tertiary alicyclic amines) is 1. The number of hydrogen-bond donors (Lipinski definition) is 3. The number of para-hydroxylation sites is 1. The summed E-state index contributed by atoms with van der Waals surface area (Å²) in [7, 11) is 1.69. The Morgan fingerprint density at radius 3 is 2.51 bits per heavy atom. The lowest BCUT2D eigenvalue weighted by molar-refractivity contribution is -0.137. The van der Waals surface area contributed by atoms with Crippen molar-refractivity contribution in [3.05, 3.63) is 48.0 Å². The van der Waals surface area contributed by atoms with Crippen LogP contribution in [0.1, 0.15) is 31.2 Å². The molecule has 2 aromatic rings. The summed E-state index contributed by atoms with van der Waals surface area (Å²) in [6, 6.07) is 11.8. The average molecular weight is 565 g/mol. The molecule has 0 saturated carbocycles. The van der Waals surface area contributed by atoms with Crippen LogP contribution in [0.4, 0.5) is 29.3 Å². The van der Waals surface area contributed by atoms with Crippen molar-refractivity contribution in [2.24, 2.45) is 11.8 Å². The molecule has 3 N–H and O–H groups in total. The molecule has 1 amide bonds. The smallest absolute Gasteiger partial charge is 0.416 e. The van der Waals surface area contributed by atoms with Gasteiger partial charge in [0.2, 0.25) is 0 Å². The number of carbonyl (C=O) groups is 2. The number of ketones is 1. The van der Waals surface area contributed by atoms with Gasteiger partial charge in [-0.2, -0.15) is 13.2 Å². The predicted octanol–water partition coefficient (Wildman–Crippen LogP) is 5.47. The van der Waals surface area contributed by atoms with Gasteiger partial charge in [0.25, 0.3) is 0 Å². The number of hydrogen-bond acceptors (Lipinski definition) is 6. The Hall–Kier alpha value is -2.76. The number of halogens is 3. The van der Waals surface area contributed by atoms with Crippen molar-refractivity contribution in [3.8, 4) is 0 Å². The molecule has 1 atom stereocenters. The van der Waals surface area contributed by atoms with Gasteiger partial charge in [0.15, 0.2) is 5.78 Å². The summed E-state index contributed by atoms with van der Waals surface area (Å²) in [6.07, 6.45) is -1.76. The number of anilines is 2. The molecule has 0 bridgehead atoms. The number of fused-ring (bicyclic) bond motifs is 2. The first-order valence-electron chi connectivity index (χ1n) is 13.3. The van der Waals surface area contributed by atoms with Gasteiger partial charge in [0, 0.05) is 35.3 Å². The first kappa shape index (κ1) is 29.2. The van der Waals surface area contributed by atoms with Gasteiger partial charge in [-0.1, -0.05) is 23.9 Å². The number of amides is 1. The summed E-state index contributed by atoms with van der Waals surface area (Å²) in [4.78, 5) is 29.5. The molecule has 2 aliphatic heterocycles. The zero-order chi connectivity index (χ0) is 28.0. The fourth-order valence-electron chi connectivity index (χ4n) is 5.36. The Bertz CT molecular complexity index is 1160. The normalized spacial score (nSPS) is 16.9. The molecule has 7 nitrogen and oxygen atoms in total. The summed E-state index contributed by atoms with van der Waals surface area (Å²) in [5, 5.41) is 14.1. The molecule has 0 aromatic heterocycles. The lowest BCUT2D eigenvalue weighted by atomic mass is 9.91. The molecule has 2 aliphatic rings. The van der Waals surface area contributed by atoms with Gasteiger partial charge in [-0.3, -0.25) is 4.79 Å². The van der Waals surface area contributed by atoms with E-state index in [1.807, 2.05) is 29.2 Å². The van der Waals surface area contributed by atoms with E-state index >= 15 is 0 Å². The number of piperidine rings is 1. The van der Waals surface area contributed by atoms with Gasteiger partial charge in [0.1, 0.15) is 0 Å². The van der Waals surface area contributed by atoms with Crippen LogP contribution in [0.5, 0.6) is 0 Å². The van der Waals surface area contributed by atoms with Crippen LogP contribution in [0.3, 0.4) is 0 Å². The molecule has 11 heteroatoms. The highest BCUT2D eigenvalue weighted by atomic mass is 32.2. The molecule has 2 aromatic carbocycles. The SMILES string of the molecule is CNCC(=O)C(CNC(=O)O)CN1CCC(CCCN2c3ccccc3Sc3ccc(C(F)(F)F)cc32)CC1. The maximum Gasteiger partial charge on any atom is 0.416 e. The Morgan fingerprint density at radius 2 is 1.82 bits per heavy atom. The molecule has 0 radical (unpaired) electrons. The van der Waals surface area contributed by atoms with E-state index in [0.717, 1.165) is 60.3 Å². The Kier molecular flexibility index (Phi) is 9.79. The van der Waals surface area contributed by atoms with Crippen LogP contribution in [0.25, 0.3) is 0 Å². The molecule has 1 saturated heterocycles. The second kappa shape index (κ2) is 13.1. The van der Waals surface area contributed by atoms with E-state index in [-0.39, 0.29) is 18.9 Å². The van der Waals surface area contributed by atoms with Crippen LogP contribution in [-0.2, 0) is 11.0 Å². The van der Waals surface area contributed by atoms with Crippen molar-refractivity contribution in [2.45, 2.75) is 41.7 Å². The van der Waals surface area contributed by atoms with Crippen molar-refractivity contribution < 1.29 is 27.9 Å². The third-order valence-corrected chi connectivity index (χ3v) is 8.57. The molecule has 2 heterocycles. The maximum atomic E-state index is 13.5. The summed E-state index contributed by atoms with van der Waals surface area (Å²) in [5.41, 5.74) is 0.913. The number of nitrogens with zero attached hydrogens (tertiary/aromatic N) is 2. The number of likely N-dealkylation sites (N-methyl/N-ethyl adjacent to an activating group) is 1. The van der Waals surface area contributed by atoms with Crippen LogP contribution >= 0.6 is 11.8 Å². The zero-order valence-electron chi connectivity index (χ0n) is 22.0. The molecule has 4 rings (SSSR count). The van der Waals surface area contributed by atoms with Crippen LogP contribution in [-0.4, -0.2) is 68.2 Å². The minimum atomic E-state index is -4.39. The van der Waals surface area contributed by atoms with E-state index in [0.29, 0.717) is 24.7 Å². The topological polar surface area (TPSA) is 84.9 Å². The average Bonchev–Trinajstić information content (AvgIpc) is 2.90. The maximum absolute atomic E-state index is 13.5. The molecular formula is C28H35F3N4O3S. The van der Waals surface area contributed by atoms with Crippen LogP contribution in [0.15, 0.2) is 52.3 Å². The highest BCUT2D eigenvalue weighted by molar-refractivity contribution is 7.99. The summed E-state index contributed by atoms with van der Waals surface area (Å²) in [5.74, 6) is 0.0892. The number of nitrogens with one attached hydrogen (secondary N) is 2. The van der Waals surface area contributed by atoms with Gasteiger partial charge in [-0.15, -0.1) is 0 Å². The Morgan fingerprint density at radius 1 is 1.10 bits per heavy atom. The highest BCUT2D eigenvalue weighted by Gasteiger charge is 2.33. The van der Waals surface area contributed by atoms with E-state index in [1.165, 1.54) is 17.8 Å². The molecule has 0 aliphatic carbocycles. The van der Waals surface area contributed by atoms with E-state index in [4.69, 9.17) is 5.11 Å². The number of Topliss-reactive ketones (excluding diaryl/α,β-unsaturated/α-hetero) is 1. The van der Waals surface area contributed by atoms with Crippen LogP contribution in [0.2, 0.25) is 0 Å². The Balaban J connectivity index is 1.33. The second-order valence-electron chi connectivity index (χ2n) is 10.2. The molecule has 1 unspecified atom stereocenters. The van der Waals surface area contributed by atoms with Gasteiger partial charge < -0.3 is 25.5 Å². The second-order valence-corrected chi connectivity index (χ2v) is 11.3. The number of carbonyl (C=O) groups excluding carboxylic acids is 1. The summed E-state index contributed by atoms with van der Waals surface area (Å²) < 4.78 is 40.4. The quantitative estimate of drug-likeness (QED) is 0.334. The van der Waals surface area contributed by atoms with Gasteiger partial charge in [0.05, 0.1) is 23.5 Å². The summed E-state index contributed by atoms with van der Waals surface area (Å²) in [6.45, 7) is 3.13. The minimum Gasteiger partial charge on any atom is -0.465 e. The largest absolute Gasteiger partial charge is 0.465 e. The lowest BCUT2D eigenvalue weighted by Crippen LogP contribution is -2.45. The van der Waals surface area contributed by atoms with Crippen LogP contribution < -0.4 is 15.5 Å². The molecule has 212 valence electrons. The lowest BCUT2D eigenvalue weighted by Gasteiger charge is -2.35. The Labute approximate surface area is 231 Å². The molecule has 1 fully saturated rings. The monoisotopic (exact) mass is 564 g/mol. The van der Waals surface area contributed by atoms with Crippen molar-refractivity contribution >= 4 is 35.0 Å². The van der Waals surface area contributed by atoms with Gasteiger partial charge in [-0.25, -0.2) is 4.79 Å². The number of rotatable bonds is 11. The third kappa shape index (κ3) is 7.67. The number of alkyl halides is 3. The van der Waals surface area contributed by atoms with Crippen molar-refractivity contribution in [2.75, 3.05) is 51.2 Å². The number of carboxylic acid groups (broad SMARTS) is 1. The zero-order valence-corrected chi connectivity index (χ0v) is 22.8. The minimum absolute atomic E-state index is 0.0117. The summed E-state index contributed by atoms with van der Waals surface area (Å²) >= 11 is 1.50. The highest BCUT2D eigenvalue weighted by Crippen LogP contribution is 2.49. The van der Waals surface area contributed by atoms with E-state index in [9.17, 15) is 22.8 Å². The first-order valence-corrected chi connectivity index (χ1v) is 14.1. The van der Waals surface area contributed by atoms with Gasteiger partial charge in [-0.05, 0) is 82.1 Å². The van der Waals surface area contributed by atoms with Crippen molar-refractivity contribution in [3.63, 3.8) is 0 Å². The molecule has 0 spiro atoms. The fraction of sp³-hybridized carbons (Fsp3) is 0.500. The molecule has 39 heavy (non-hydrogen) atoms. The fourth-order valence-corrected chi connectivity index (χ4v) is 6.44. The van der Waals surface area contributed by atoms with Crippen molar-refractivity contribution in [1.82, 2.24) is 15.5 Å². The van der Waals surface area contributed by atoms with E-state index < -0.39 is 23.8 Å². The van der Waals surface area contributed by atoms with E-state index in [1.54, 1.807) is 13.1 Å². The molecular weight excluding hydrogens is 529 g/mol. The standard InChI is InChI=1S/C28H35F3N4O3S/c1-32-17-24(36)20(16-33-27(37)38)18-34-13-10-19(11-14-34)5-4-12-35-22-6-2-3-7-25(22)39-26-9-8-21(15-23(26)35)28(29,30)31/h2-3,6-9,15,19-20,32-33H,4-5,10-14,16-18H2,1H3,(H,37,38). The van der Waals surface area contributed by atoms with E-state index in [2.05, 4.69) is 15.5 Å². The first-order chi connectivity index (χ1) is 18.7. The van der Waals surface area contributed by atoms with Gasteiger partial charge >= 0.3 is 12.3 Å². The third-order valence-electron chi connectivity index (χ3n) is 7.44. The number of benzene rings is 2. The van der Waals surface area contributed by atoms with Crippen molar-refractivity contribution in [1.29, 1.82) is 0 Å².